The highest BCUT2D eigenvalue weighted by atomic mass is 16.1. The molecule has 100 valence electrons. The molecule has 0 bridgehead atoms. The molecule has 2 N–H and O–H groups in total. The quantitative estimate of drug-likeness (QED) is 0.661. The molecule has 0 saturated heterocycles. The molecule has 4 nitrogen and oxygen atoms in total. The first-order valence-corrected chi connectivity index (χ1v) is 6.76. The summed E-state index contributed by atoms with van der Waals surface area (Å²) in [5.41, 5.74) is 0. The molecule has 1 fully saturated rings. The van der Waals surface area contributed by atoms with E-state index in [0.29, 0.717) is 6.04 Å². The number of likely N-dealkylation sites (N-methyl/N-ethyl adjacent to an activating group) is 1. The molecule has 2 atom stereocenters. The van der Waals surface area contributed by atoms with Crippen molar-refractivity contribution in [1.29, 1.82) is 0 Å². The molecule has 1 saturated carbocycles. The summed E-state index contributed by atoms with van der Waals surface area (Å²) >= 11 is 0. The number of carbonyl (C=O) groups is 1. The lowest BCUT2D eigenvalue weighted by Gasteiger charge is -2.25. The molecule has 0 aromatic heterocycles. The van der Waals surface area contributed by atoms with E-state index in [1.54, 1.807) is 0 Å². The van der Waals surface area contributed by atoms with Crippen molar-refractivity contribution in [1.82, 2.24) is 15.5 Å². The number of rotatable bonds is 8. The van der Waals surface area contributed by atoms with Gasteiger partial charge < -0.3 is 10.6 Å². The van der Waals surface area contributed by atoms with Crippen molar-refractivity contribution in [2.45, 2.75) is 45.7 Å². The summed E-state index contributed by atoms with van der Waals surface area (Å²) in [6.07, 6.45) is 2.62. The van der Waals surface area contributed by atoms with Crippen molar-refractivity contribution in [3.8, 4) is 0 Å². The predicted molar refractivity (Wildman–Crippen MR) is 71.0 cm³/mol. The average molecular weight is 241 g/mol. The lowest BCUT2D eigenvalue weighted by Crippen LogP contribution is -2.43. The van der Waals surface area contributed by atoms with E-state index in [1.165, 1.54) is 12.8 Å². The van der Waals surface area contributed by atoms with Gasteiger partial charge in [0.05, 0.1) is 0 Å². The molecule has 0 aromatic rings. The number of carbonyl (C=O) groups excluding carboxylic acids is 1. The number of nitrogens with one attached hydrogen (secondary N) is 2. The summed E-state index contributed by atoms with van der Waals surface area (Å²) in [6, 6.07) is 1.18. The van der Waals surface area contributed by atoms with Crippen LogP contribution in [0.3, 0.4) is 0 Å². The van der Waals surface area contributed by atoms with Crippen LogP contribution in [0, 0.1) is 5.92 Å². The van der Waals surface area contributed by atoms with E-state index in [-0.39, 0.29) is 11.8 Å². The van der Waals surface area contributed by atoms with Crippen molar-refractivity contribution in [3.05, 3.63) is 0 Å². The molecule has 4 heteroatoms. The van der Waals surface area contributed by atoms with Crippen molar-refractivity contribution in [2.75, 3.05) is 26.7 Å². The van der Waals surface area contributed by atoms with Gasteiger partial charge in [0.1, 0.15) is 0 Å². The van der Waals surface area contributed by atoms with Crippen LogP contribution >= 0.6 is 0 Å². The molecule has 0 spiro atoms. The first-order valence-electron chi connectivity index (χ1n) is 6.76. The Labute approximate surface area is 105 Å². The Kier molecular flexibility index (Phi) is 5.92. The van der Waals surface area contributed by atoms with Crippen molar-refractivity contribution in [2.24, 2.45) is 5.92 Å². The molecule has 0 aromatic carbocycles. The maximum atomic E-state index is 11.8. The Bertz CT molecular complexity index is 241. The van der Waals surface area contributed by atoms with E-state index in [4.69, 9.17) is 0 Å². The Morgan fingerprint density at radius 2 is 2.00 bits per heavy atom. The van der Waals surface area contributed by atoms with Gasteiger partial charge in [0.25, 0.3) is 0 Å². The third-order valence-corrected chi connectivity index (χ3v) is 3.54. The lowest BCUT2D eigenvalue weighted by atomic mass is 10.1. The van der Waals surface area contributed by atoms with Crippen LogP contribution < -0.4 is 10.6 Å². The zero-order valence-electron chi connectivity index (χ0n) is 11.6. The smallest absolute Gasteiger partial charge is 0.224 e. The van der Waals surface area contributed by atoms with Gasteiger partial charge in [-0.2, -0.15) is 0 Å². The number of nitrogens with zero attached hydrogens (tertiary/aromatic N) is 1. The Balaban J connectivity index is 2.17. The normalized spacial score (nSPS) is 19.1. The van der Waals surface area contributed by atoms with Gasteiger partial charge in [-0.3, -0.25) is 9.69 Å². The fraction of sp³-hybridized carbons (Fsp3) is 0.923. The first-order chi connectivity index (χ1) is 8.06. The van der Waals surface area contributed by atoms with Crippen LogP contribution in [0.5, 0.6) is 0 Å². The Hall–Kier alpha value is -0.610. The summed E-state index contributed by atoms with van der Waals surface area (Å²) in [5.74, 6) is 0.204. The number of hydrogen-bond donors (Lipinski definition) is 2. The zero-order chi connectivity index (χ0) is 12.8. The maximum Gasteiger partial charge on any atom is 0.224 e. The van der Waals surface area contributed by atoms with E-state index in [9.17, 15) is 4.79 Å². The van der Waals surface area contributed by atoms with Crippen LogP contribution in [0.25, 0.3) is 0 Å². The minimum Gasteiger partial charge on any atom is -0.354 e. The fourth-order valence-electron chi connectivity index (χ4n) is 1.86. The second-order valence-corrected chi connectivity index (χ2v) is 5.20. The van der Waals surface area contributed by atoms with Crippen molar-refractivity contribution >= 4 is 5.91 Å². The van der Waals surface area contributed by atoms with Gasteiger partial charge >= 0.3 is 0 Å². The summed E-state index contributed by atoms with van der Waals surface area (Å²) in [7, 11) is 2.15. The van der Waals surface area contributed by atoms with Gasteiger partial charge in [0.2, 0.25) is 5.91 Å². The minimum atomic E-state index is 0.0494. The van der Waals surface area contributed by atoms with E-state index in [0.717, 1.165) is 25.7 Å². The number of hydrogen-bond acceptors (Lipinski definition) is 3. The Morgan fingerprint density at radius 3 is 2.53 bits per heavy atom. The SMILES string of the molecule is CCNCC(C)C(=O)NCC(C)N(C)C1CC1. The van der Waals surface area contributed by atoms with Gasteiger partial charge in [-0.25, -0.2) is 0 Å². The second kappa shape index (κ2) is 6.97. The topological polar surface area (TPSA) is 44.4 Å². The van der Waals surface area contributed by atoms with Crippen LogP contribution in [-0.2, 0) is 4.79 Å². The molecule has 1 aliphatic carbocycles. The second-order valence-electron chi connectivity index (χ2n) is 5.20. The summed E-state index contributed by atoms with van der Waals surface area (Å²) in [5, 5.41) is 6.23. The van der Waals surface area contributed by atoms with E-state index >= 15 is 0 Å². The summed E-state index contributed by atoms with van der Waals surface area (Å²) in [6.45, 7) is 8.62. The third-order valence-electron chi connectivity index (χ3n) is 3.54. The monoisotopic (exact) mass is 241 g/mol. The fourth-order valence-corrected chi connectivity index (χ4v) is 1.86. The standard InChI is InChI=1S/C13H27N3O/c1-5-14-8-10(2)13(17)15-9-11(3)16(4)12-6-7-12/h10-12,14H,5-9H2,1-4H3,(H,15,17). The van der Waals surface area contributed by atoms with E-state index in [2.05, 4.69) is 36.4 Å². The molecular formula is C13H27N3O. The summed E-state index contributed by atoms with van der Waals surface area (Å²) < 4.78 is 0. The lowest BCUT2D eigenvalue weighted by molar-refractivity contribution is -0.124. The molecular weight excluding hydrogens is 214 g/mol. The molecule has 1 aliphatic rings. The maximum absolute atomic E-state index is 11.8. The van der Waals surface area contributed by atoms with Crippen molar-refractivity contribution < 1.29 is 4.79 Å². The minimum absolute atomic E-state index is 0.0494. The van der Waals surface area contributed by atoms with Gasteiger partial charge in [-0.1, -0.05) is 13.8 Å². The highest BCUT2D eigenvalue weighted by molar-refractivity contribution is 5.78. The van der Waals surface area contributed by atoms with Crippen LogP contribution in [0.4, 0.5) is 0 Å². The molecule has 17 heavy (non-hydrogen) atoms. The van der Waals surface area contributed by atoms with E-state index < -0.39 is 0 Å². The van der Waals surface area contributed by atoms with E-state index in [1.807, 2.05) is 6.92 Å². The first kappa shape index (κ1) is 14.5. The highest BCUT2D eigenvalue weighted by Crippen LogP contribution is 2.26. The average Bonchev–Trinajstić information content (AvgIpc) is 3.15. The highest BCUT2D eigenvalue weighted by Gasteiger charge is 2.29. The molecule has 1 rings (SSSR count). The third kappa shape index (κ3) is 5.04. The van der Waals surface area contributed by atoms with Crippen molar-refractivity contribution in [3.63, 3.8) is 0 Å². The summed E-state index contributed by atoms with van der Waals surface area (Å²) in [4.78, 5) is 14.2. The van der Waals surface area contributed by atoms with Crippen LogP contribution in [0.2, 0.25) is 0 Å². The Morgan fingerprint density at radius 1 is 1.35 bits per heavy atom. The van der Waals surface area contributed by atoms with Crippen LogP contribution in [-0.4, -0.2) is 49.6 Å². The van der Waals surface area contributed by atoms with Gasteiger partial charge in [-0.15, -0.1) is 0 Å². The number of amides is 1. The largest absolute Gasteiger partial charge is 0.354 e. The molecule has 0 aliphatic heterocycles. The van der Waals surface area contributed by atoms with Crippen LogP contribution in [0.15, 0.2) is 0 Å². The molecule has 0 radical (unpaired) electrons. The molecule has 0 heterocycles. The van der Waals surface area contributed by atoms with Gasteiger partial charge in [-0.05, 0) is 33.4 Å². The van der Waals surface area contributed by atoms with Crippen LogP contribution in [0.1, 0.15) is 33.6 Å². The molecule has 2 unspecified atom stereocenters. The molecule has 1 amide bonds. The zero-order valence-corrected chi connectivity index (χ0v) is 11.6. The van der Waals surface area contributed by atoms with Gasteiger partial charge in [0.15, 0.2) is 0 Å². The van der Waals surface area contributed by atoms with Gasteiger partial charge in [0, 0.05) is 31.1 Å². The predicted octanol–water partition coefficient (Wildman–Crippen LogP) is 0.831.